The van der Waals surface area contributed by atoms with Crippen LogP contribution in [0, 0.1) is 45.3 Å². The van der Waals surface area contributed by atoms with Crippen molar-refractivity contribution in [3.8, 4) is 0 Å². The second kappa shape index (κ2) is 14.6. The fourth-order valence-corrected chi connectivity index (χ4v) is 6.40. The molecule has 0 heterocycles. The molecule has 0 bridgehead atoms. The van der Waals surface area contributed by atoms with Crippen molar-refractivity contribution >= 4 is 0 Å². The first-order chi connectivity index (χ1) is 18.2. The van der Waals surface area contributed by atoms with E-state index in [0.29, 0.717) is 35.5 Å². The highest BCUT2D eigenvalue weighted by Crippen LogP contribution is 2.50. The smallest absolute Gasteiger partial charge is 0.247 e. The molecule has 4 rings (SSSR count). The van der Waals surface area contributed by atoms with Crippen LogP contribution in [0.3, 0.4) is 0 Å². The number of alkyl halides is 5. The Labute approximate surface area is 251 Å². The molecule has 246 valence electrons. The van der Waals surface area contributed by atoms with E-state index < -0.39 is 18.0 Å². The molecule has 4 fully saturated rings. The third-order valence-electron chi connectivity index (χ3n) is 10.4. The quantitative estimate of drug-likeness (QED) is 0.245. The summed E-state index contributed by atoms with van der Waals surface area (Å²) in [5, 5.41) is 0. The molecular formula is C36H67F5. The van der Waals surface area contributed by atoms with Gasteiger partial charge in [0.2, 0.25) is 11.8 Å². The van der Waals surface area contributed by atoms with E-state index >= 15 is 0 Å². The van der Waals surface area contributed by atoms with Gasteiger partial charge >= 0.3 is 0 Å². The van der Waals surface area contributed by atoms with E-state index in [1.807, 2.05) is 20.8 Å². The third-order valence-corrected chi connectivity index (χ3v) is 10.4. The Morgan fingerprint density at radius 3 is 1.00 bits per heavy atom. The minimum absolute atomic E-state index is 0.0711. The van der Waals surface area contributed by atoms with Crippen LogP contribution in [-0.4, -0.2) is 18.0 Å². The van der Waals surface area contributed by atoms with Crippen molar-refractivity contribution in [3.05, 3.63) is 0 Å². The Kier molecular flexibility index (Phi) is 13.8. The second-order valence-corrected chi connectivity index (χ2v) is 18.2. The largest absolute Gasteiger partial charge is 0.248 e. The summed E-state index contributed by atoms with van der Waals surface area (Å²) >= 11 is 0. The normalized spacial score (nSPS) is 27.4. The van der Waals surface area contributed by atoms with Crippen LogP contribution in [0.25, 0.3) is 0 Å². The highest BCUT2D eigenvalue weighted by molar-refractivity contribution is 4.92. The Bertz CT molecular complexity index is 714. The Morgan fingerprint density at radius 1 is 0.439 bits per heavy atom. The summed E-state index contributed by atoms with van der Waals surface area (Å²) in [7, 11) is 0. The van der Waals surface area contributed by atoms with Gasteiger partial charge in [-0.15, -0.1) is 0 Å². The van der Waals surface area contributed by atoms with Crippen LogP contribution in [0.4, 0.5) is 22.0 Å². The molecule has 0 atom stereocenters. The molecule has 0 aliphatic heterocycles. The van der Waals surface area contributed by atoms with Gasteiger partial charge in [-0.05, 0) is 83.9 Å². The van der Waals surface area contributed by atoms with Gasteiger partial charge < -0.3 is 0 Å². The van der Waals surface area contributed by atoms with Crippen molar-refractivity contribution < 1.29 is 22.0 Å². The van der Waals surface area contributed by atoms with Gasteiger partial charge in [-0.3, -0.25) is 0 Å². The van der Waals surface area contributed by atoms with E-state index in [4.69, 9.17) is 0 Å². The summed E-state index contributed by atoms with van der Waals surface area (Å²) in [6.45, 7) is 26.2. The number of hydrogen-bond acceptors (Lipinski definition) is 0. The van der Waals surface area contributed by atoms with Crippen LogP contribution < -0.4 is 0 Å². The Hall–Kier alpha value is -0.350. The summed E-state index contributed by atoms with van der Waals surface area (Å²) in [6, 6.07) is 0. The zero-order valence-electron chi connectivity index (χ0n) is 29.0. The van der Waals surface area contributed by atoms with Gasteiger partial charge in [-0.25, -0.2) is 22.0 Å². The Morgan fingerprint density at radius 2 is 0.780 bits per heavy atom. The maximum atomic E-state index is 12.8. The van der Waals surface area contributed by atoms with Crippen LogP contribution in [-0.2, 0) is 0 Å². The maximum Gasteiger partial charge on any atom is 0.248 e. The van der Waals surface area contributed by atoms with Gasteiger partial charge in [0.25, 0.3) is 0 Å². The Balaban J connectivity index is 0.000000275. The van der Waals surface area contributed by atoms with Crippen LogP contribution in [0.5, 0.6) is 0 Å². The summed E-state index contributed by atoms with van der Waals surface area (Å²) < 4.78 is 62.5. The van der Waals surface area contributed by atoms with Crippen LogP contribution in [0.1, 0.15) is 167 Å². The summed E-state index contributed by atoms with van der Waals surface area (Å²) in [5.41, 5.74) is 1.18. The predicted octanol–water partition coefficient (Wildman–Crippen LogP) is 13.3. The van der Waals surface area contributed by atoms with Crippen molar-refractivity contribution in [2.75, 3.05) is 0 Å². The molecule has 4 aliphatic rings. The summed E-state index contributed by atoms with van der Waals surface area (Å²) in [5.74, 6) is -2.38. The van der Waals surface area contributed by atoms with Crippen LogP contribution >= 0.6 is 0 Å². The van der Waals surface area contributed by atoms with Crippen molar-refractivity contribution in [3.63, 3.8) is 0 Å². The lowest BCUT2D eigenvalue weighted by Gasteiger charge is -2.43. The van der Waals surface area contributed by atoms with Gasteiger partial charge in [0.05, 0.1) is 0 Å². The van der Waals surface area contributed by atoms with Gasteiger partial charge in [-0.2, -0.15) is 0 Å². The molecule has 0 amide bonds. The van der Waals surface area contributed by atoms with Crippen molar-refractivity contribution in [1.82, 2.24) is 0 Å². The molecule has 0 aromatic carbocycles. The SMILES string of the molecule is CC(C)(C)C1CC(F)(F)C1.CC(C)(C)C1CC(F)C1.CC(C)(C)C1CCC(F)(F)CC1.CC(C)(C)C1CCCCC1. The monoisotopic (exact) mass is 595 g/mol. The molecule has 0 spiro atoms. The van der Waals surface area contributed by atoms with Crippen LogP contribution in [0.2, 0.25) is 0 Å². The molecule has 41 heavy (non-hydrogen) atoms. The summed E-state index contributed by atoms with van der Waals surface area (Å²) in [6.07, 6.45) is 10.2. The zero-order chi connectivity index (χ0) is 32.1. The van der Waals surface area contributed by atoms with Gasteiger partial charge in [0.1, 0.15) is 6.17 Å². The lowest BCUT2D eigenvalue weighted by molar-refractivity contribution is -0.138. The van der Waals surface area contributed by atoms with E-state index in [9.17, 15) is 22.0 Å². The number of halogens is 5. The van der Waals surface area contributed by atoms with E-state index in [-0.39, 0.29) is 42.4 Å². The van der Waals surface area contributed by atoms with Crippen molar-refractivity contribution in [1.29, 1.82) is 0 Å². The molecule has 0 nitrogen and oxygen atoms in total. The fraction of sp³-hybridized carbons (Fsp3) is 1.00. The number of hydrogen-bond donors (Lipinski definition) is 0. The van der Waals surface area contributed by atoms with Crippen molar-refractivity contribution in [2.24, 2.45) is 45.3 Å². The predicted molar refractivity (Wildman–Crippen MR) is 167 cm³/mol. The minimum Gasteiger partial charge on any atom is -0.247 e. The lowest BCUT2D eigenvalue weighted by Crippen LogP contribution is -2.42. The van der Waals surface area contributed by atoms with E-state index in [2.05, 4.69) is 62.3 Å². The van der Waals surface area contributed by atoms with Gasteiger partial charge in [-0.1, -0.05) is 102 Å². The zero-order valence-corrected chi connectivity index (χ0v) is 29.0. The molecule has 0 unspecified atom stereocenters. The number of rotatable bonds is 0. The first-order valence-electron chi connectivity index (χ1n) is 16.6. The van der Waals surface area contributed by atoms with E-state index in [1.165, 1.54) is 32.1 Å². The van der Waals surface area contributed by atoms with E-state index in [0.717, 1.165) is 18.8 Å². The lowest BCUT2D eigenvalue weighted by atomic mass is 9.66. The van der Waals surface area contributed by atoms with Gasteiger partial charge in [0.15, 0.2) is 0 Å². The molecule has 4 saturated carbocycles. The minimum atomic E-state index is -2.37. The maximum absolute atomic E-state index is 12.8. The average molecular weight is 595 g/mol. The topological polar surface area (TPSA) is 0 Å². The highest BCUT2D eigenvalue weighted by atomic mass is 19.3. The molecule has 0 aromatic heterocycles. The molecular weight excluding hydrogens is 527 g/mol. The molecule has 0 saturated heterocycles. The molecule has 0 N–H and O–H groups in total. The van der Waals surface area contributed by atoms with E-state index in [1.54, 1.807) is 0 Å². The third kappa shape index (κ3) is 14.8. The standard InChI is InChI=1S/C10H18F2.C10H20.C8H14F2.C8H15F/c1-9(2,3)8-4-6-10(11,12)7-5-8;1-10(2,3)9-7-5-4-6-8-9;1-7(2,3)6-4-8(9,10)5-6;1-8(2,3)6-4-7(9)5-6/h8H,4-7H2,1-3H3;9H,4-8H2,1-3H3;6H,4-5H2,1-3H3;6-7H,4-5H2,1-3H3. The molecule has 0 aromatic rings. The highest BCUT2D eigenvalue weighted by Gasteiger charge is 2.49. The second-order valence-electron chi connectivity index (χ2n) is 18.2. The van der Waals surface area contributed by atoms with Crippen LogP contribution in [0.15, 0.2) is 0 Å². The van der Waals surface area contributed by atoms with Gasteiger partial charge in [0, 0.05) is 25.7 Å². The average Bonchev–Trinajstić information content (AvgIpc) is 2.74. The fourth-order valence-electron chi connectivity index (χ4n) is 6.40. The first kappa shape index (κ1) is 38.7. The summed E-state index contributed by atoms with van der Waals surface area (Å²) in [4.78, 5) is 0. The first-order valence-corrected chi connectivity index (χ1v) is 16.6. The molecule has 4 aliphatic carbocycles. The molecule has 0 radical (unpaired) electrons. The molecule has 5 heteroatoms. The van der Waals surface area contributed by atoms with Crippen molar-refractivity contribution in [2.45, 2.75) is 185 Å².